The van der Waals surface area contributed by atoms with Crippen LogP contribution >= 0.6 is 0 Å². The van der Waals surface area contributed by atoms with Gasteiger partial charge in [-0.25, -0.2) is 4.79 Å². The molecule has 1 unspecified atom stereocenters. The Balaban J connectivity index is 0.996. The number of hydrogen-bond acceptors (Lipinski definition) is 4. The van der Waals surface area contributed by atoms with E-state index in [1.165, 1.54) is 22.3 Å². The van der Waals surface area contributed by atoms with Gasteiger partial charge in [0.25, 0.3) is 0 Å². The number of benzene rings is 2. The van der Waals surface area contributed by atoms with Crippen LogP contribution in [0.1, 0.15) is 62.0 Å². The summed E-state index contributed by atoms with van der Waals surface area (Å²) >= 11 is 0. The first-order chi connectivity index (χ1) is 17.0. The number of aliphatic carboxylic acids is 1. The van der Waals surface area contributed by atoms with Gasteiger partial charge in [0.1, 0.15) is 6.61 Å². The third-order valence-electron chi connectivity index (χ3n) is 8.28. The number of carbonyl (C=O) groups excluding carboxylic acids is 2. The molecule has 0 aliphatic heterocycles. The molecule has 184 valence electrons. The number of rotatable bonds is 10. The van der Waals surface area contributed by atoms with Crippen molar-refractivity contribution in [2.45, 2.75) is 50.9 Å². The van der Waals surface area contributed by atoms with E-state index in [0.717, 1.165) is 19.3 Å². The van der Waals surface area contributed by atoms with Crippen LogP contribution < -0.4 is 10.6 Å². The molecule has 5 rings (SSSR count). The van der Waals surface area contributed by atoms with E-state index >= 15 is 0 Å². The van der Waals surface area contributed by atoms with Crippen molar-refractivity contribution >= 4 is 18.0 Å². The highest BCUT2D eigenvalue weighted by molar-refractivity contribution is 5.83. The van der Waals surface area contributed by atoms with Crippen LogP contribution in [0.25, 0.3) is 11.1 Å². The topological polar surface area (TPSA) is 105 Å². The average Bonchev–Trinajstić information content (AvgIpc) is 3.46. The van der Waals surface area contributed by atoms with Crippen LogP contribution in [-0.4, -0.2) is 42.8 Å². The maximum absolute atomic E-state index is 12.2. The van der Waals surface area contributed by atoms with Crippen molar-refractivity contribution in [3.8, 4) is 11.1 Å². The van der Waals surface area contributed by atoms with Crippen LogP contribution in [0.4, 0.5) is 4.79 Å². The van der Waals surface area contributed by atoms with E-state index in [-0.39, 0.29) is 30.4 Å². The molecule has 2 saturated carbocycles. The van der Waals surface area contributed by atoms with E-state index in [1.807, 2.05) is 24.3 Å². The van der Waals surface area contributed by atoms with Crippen molar-refractivity contribution in [3.63, 3.8) is 0 Å². The second-order valence-corrected chi connectivity index (χ2v) is 10.2. The number of carbonyl (C=O) groups is 3. The number of hydrogen-bond donors (Lipinski definition) is 3. The van der Waals surface area contributed by atoms with E-state index in [4.69, 9.17) is 4.74 Å². The Hall–Kier alpha value is -3.35. The molecule has 0 heterocycles. The van der Waals surface area contributed by atoms with Gasteiger partial charge in [0.2, 0.25) is 5.91 Å². The van der Waals surface area contributed by atoms with Gasteiger partial charge < -0.3 is 20.5 Å². The van der Waals surface area contributed by atoms with Crippen LogP contribution in [0.2, 0.25) is 0 Å². The SMILES string of the molecule is O=C(CCCCNC(=O)OCC1c2ccccc2-c2ccccc21)NCC1(C(=O)O)CC12CCC2. The van der Waals surface area contributed by atoms with Crippen LogP contribution in [0.15, 0.2) is 48.5 Å². The molecular weight excluding hydrogens is 444 g/mol. The van der Waals surface area contributed by atoms with Gasteiger partial charge in [-0.05, 0) is 59.8 Å². The maximum Gasteiger partial charge on any atom is 0.407 e. The molecule has 3 N–H and O–H groups in total. The molecular formula is C28H32N2O5. The largest absolute Gasteiger partial charge is 0.481 e. The van der Waals surface area contributed by atoms with Crippen molar-refractivity contribution in [2.75, 3.05) is 19.7 Å². The normalized spacial score (nSPS) is 20.9. The van der Waals surface area contributed by atoms with Gasteiger partial charge in [0.05, 0.1) is 5.41 Å². The summed E-state index contributed by atoms with van der Waals surface area (Å²) in [5.74, 6) is -0.894. The van der Waals surface area contributed by atoms with Gasteiger partial charge in [0.15, 0.2) is 0 Å². The standard InChI is InChI=1S/C28H32N2O5/c31-24(30-18-28(25(32)33)17-27(28)13-7-14-27)12-5-6-15-29-26(34)35-16-23-21-10-3-1-8-19(21)20-9-2-4-11-22(20)23/h1-4,8-11,23H,5-7,12-18H2,(H,29,34)(H,30,31)(H,32,33). The molecule has 3 aliphatic rings. The van der Waals surface area contributed by atoms with Gasteiger partial charge in [-0.3, -0.25) is 9.59 Å². The van der Waals surface area contributed by atoms with Crippen molar-refractivity contribution in [2.24, 2.45) is 10.8 Å². The number of amides is 2. The summed E-state index contributed by atoms with van der Waals surface area (Å²) in [5, 5.41) is 15.2. The molecule has 2 amide bonds. The number of unbranched alkanes of at least 4 members (excludes halogenated alkanes) is 1. The highest BCUT2D eigenvalue weighted by Crippen LogP contribution is 2.73. The minimum atomic E-state index is -0.787. The molecule has 2 aromatic carbocycles. The molecule has 2 fully saturated rings. The number of fused-ring (bicyclic) bond motifs is 3. The number of carboxylic acids is 1. The summed E-state index contributed by atoms with van der Waals surface area (Å²) in [4.78, 5) is 36.1. The third-order valence-corrected chi connectivity index (χ3v) is 8.28. The first-order valence-corrected chi connectivity index (χ1v) is 12.5. The molecule has 7 heteroatoms. The summed E-state index contributed by atoms with van der Waals surface area (Å²) in [5.41, 5.74) is 3.90. The quantitative estimate of drug-likeness (QED) is 0.439. The Kier molecular flexibility index (Phi) is 6.26. The molecule has 1 spiro atoms. The fraction of sp³-hybridized carbons (Fsp3) is 0.464. The second kappa shape index (κ2) is 9.36. The highest BCUT2D eigenvalue weighted by Gasteiger charge is 2.73. The van der Waals surface area contributed by atoms with E-state index in [1.54, 1.807) is 0 Å². The number of carboxylic acid groups (broad SMARTS) is 1. The number of nitrogens with one attached hydrogen (secondary N) is 2. The fourth-order valence-electron chi connectivity index (χ4n) is 6.01. The molecule has 2 aromatic rings. The summed E-state index contributed by atoms with van der Waals surface area (Å²) in [7, 11) is 0. The second-order valence-electron chi connectivity index (χ2n) is 10.2. The molecule has 0 aromatic heterocycles. The summed E-state index contributed by atoms with van der Waals surface area (Å²) in [6.45, 7) is 0.917. The van der Waals surface area contributed by atoms with Crippen LogP contribution in [-0.2, 0) is 14.3 Å². The van der Waals surface area contributed by atoms with Crippen molar-refractivity contribution in [1.82, 2.24) is 10.6 Å². The van der Waals surface area contributed by atoms with Crippen molar-refractivity contribution in [1.29, 1.82) is 0 Å². The van der Waals surface area contributed by atoms with Gasteiger partial charge in [0, 0.05) is 25.4 Å². The highest BCUT2D eigenvalue weighted by atomic mass is 16.5. The Morgan fingerprint density at radius 1 is 0.943 bits per heavy atom. The first kappa shape index (κ1) is 23.4. The zero-order valence-electron chi connectivity index (χ0n) is 19.8. The monoisotopic (exact) mass is 476 g/mol. The van der Waals surface area contributed by atoms with Crippen molar-refractivity contribution < 1.29 is 24.2 Å². The molecule has 0 bridgehead atoms. The lowest BCUT2D eigenvalue weighted by atomic mass is 9.75. The van der Waals surface area contributed by atoms with Crippen LogP contribution in [0.3, 0.4) is 0 Å². The third kappa shape index (κ3) is 4.28. The van der Waals surface area contributed by atoms with Gasteiger partial charge in [-0.2, -0.15) is 0 Å². The van der Waals surface area contributed by atoms with Gasteiger partial charge in [-0.1, -0.05) is 55.0 Å². The Labute approximate surface area is 205 Å². The van der Waals surface area contributed by atoms with Gasteiger partial charge in [-0.15, -0.1) is 0 Å². The molecule has 7 nitrogen and oxygen atoms in total. The lowest BCUT2D eigenvalue weighted by molar-refractivity contribution is -0.145. The Bertz CT molecular complexity index is 1100. The number of alkyl carbamates (subject to hydrolysis) is 1. The molecule has 1 atom stereocenters. The zero-order chi connectivity index (χ0) is 24.5. The predicted molar refractivity (Wildman–Crippen MR) is 131 cm³/mol. The Morgan fingerprint density at radius 2 is 1.60 bits per heavy atom. The molecule has 3 aliphatic carbocycles. The van der Waals surface area contributed by atoms with E-state index < -0.39 is 17.5 Å². The molecule has 0 radical (unpaired) electrons. The molecule has 35 heavy (non-hydrogen) atoms. The van der Waals surface area contributed by atoms with Crippen LogP contribution in [0, 0.1) is 10.8 Å². The lowest BCUT2D eigenvalue weighted by Gasteiger charge is -2.30. The van der Waals surface area contributed by atoms with E-state index in [9.17, 15) is 19.5 Å². The smallest absolute Gasteiger partial charge is 0.407 e. The van der Waals surface area contributed by atoms with E-state index in [2.05, 4.69) is 34.9 Å². The zero-order valence-corrected chi connectivity index (χ0v) is 19.8. The first-order valence-electron chi connectivity index (χ1n) is 12.5. The maximum atomic E-state index is 12.2. The lowest BCUT2D eigenvalue weighted by Crippen LogP contribution is -2.39. The predicted octanol–water partition coefficient (Wildman–Crippen LogP) is 4.46. The van der Waals surface area contributed by atoms with Crippen molar-refractivity contribution in [3.05, 3.63) is 59.7 Å². The van der Waals surface area contributed by atoms with E-state index in [0.29, 0.717) is 32.2 Å². The van der Waals surface area contributed by atoms with Crippen LogP contribution in [0.5, 0.6) is 0 Å². The minimum absolute atomic E-state index is 0.0245. The average molecular weight is 477 g/mol. The summed E-state index contributed by atoms with van der Waals surface area (Å²) in [6, 6.07) is 16.4. The summed E-state index contributed by atoms with van der Waals surface area (Å²) in [6.07, 6.45) is 4.79. The number of ether oxygens (including phenoxy) is 1. The fourth-order valence-corrected chi connectivity index (χ4v) is 6.01. The Morgan fingerprint density at radius 3 is 2.17 bits per heavy atom. The molecule has 0 saturated heterocycles. The minimum Gasteiger partial charge on any atom is -0.481 e. The van der Waals surface area contributed by atoms with Gasteiger partial charge >= 0.3 is 12.1 Å². The summed E-state index contributed by atoms with van der Waals surface area (Å²) < 4.78 is 5.52.